The predicted molar refractivity (Wildman–Crippen MR) is 77.2 cm³/mol. The van der Waals surface area contributed by atoms with Crippen LogP contribution in [0.3, 0.4) is 0 Å². The molecular formula is C14H14ClNO2S. The number of ketones is 1. The lowest BCUT2D eigenvalue weighted by Gasteiger charge is -2.04. The molecule has 0 aliphatic carbocycles. The molecule has 3 nitrogen and oxygen atoms in total. The minimum Gasteiger partial charge on any atom is -0.373 e. The topological polar surface area (TPSA) is 39.2 Å². The number of carbonyl (C=O) groups is 1. The molecular weight excluding hydrogens is 282 g/mol. The summed E-state index contributed by atoms with van der Waals surface area (Å²) in [4.78, 5) is 17.2. The summed E-state index contributed by atoms with van der Waals surface area (Å²) < 4.78 is 5.40. The van der Waals surface area contributed by atoms with Gasteiger partial charge in [0.15, 0.2) is 5.78 Å². The molecule has 1 heterocycles. The lowest BCUT2D eigenvalue weighted by molar-refractivity contribution is 0.0766. The second kappa shape index (κ2) is 6.80. The number of aryl methyl sites for hydroxylation is 1. The lowest BCUT2D eigenvalue weighted by Crippen LogP contribution is -2.11. The van der Waals surface area contributed by atoms with Crippen LogP contribution >= 0.6 is 22.9 Å². The summed E-state index contributed by atoms with van der Waals surface area (Å²) in [5, 5.41) is 0.467. The average molecular weight is 296 g/mol. The molecule has 0 amide bonds. The zero-order valence-corrected chi connectivity index (χ0v) is 12.1. The summed E-state index contributed by atoms with van der Waals surface area (Å²) in [5.41, 5.74) is 3.36. The number of aromatic nitrogens is 1. The van der Waals surface area contributed by atoms with Gasteiger partial charge in [-0.1, -0.05) is 23.7 Å². The number of carbonyl (C=O) groups excluding carboxylic acids is 1. The normalized spacial score (nSPS) is 10.6. The standard InChI is InChI=1S/C14H14ClNO2S/c1-10-14(19-9-16-10)6-7-18-8-13(17)11-4-2-3-5-12(11)15/h2-5,9H,6-8H2,1H3. The van der Waals surface area contributed by atoms with Gasteiger partial charge in [-0.15, -0.1) is 11.3 Å². The Hall–Kier alpha value is -1.23. The van der Waals surface area contributed by atoms with Crippen LogP contribution in [0.4, 0.5) is 0 Å². The first-order valence-electron chi connectivity index (χ1n) is 5.93. The average Bonchev–Trinajstić information content (AvgIpc) is 2.80. The van der Waals surface area contributed by atoms with E-state index in [1.807, 2.05) is 12.4 Å². The number of ether oxygens (including phenoxy) is 1. The van der Waals surface area contributed by atoms with Gasteiger partial charge in [0.2, 0.25) is 0 Å². The molecule has 5 heteroatoms. The number of benzene rings is 1. The Bertz CT molecular complexity index is 568. The fourth-order valence-corrected chi connectivity index (χ4v) is 2.66. The van der Waals surface area contributed by atoms with E-state index in [9.17, 15) is 4.79 Å². The summed E-state index contributed by atoms with van der Waals surface area (Å²) in [6.45, 7) is 2.54. The summed E-state index contributed by atoms with van der Waals surface area (Å²) >= 11 is 7.56. The summed E-state index contributed by atoms with van der Waals surface area (Å²) in [6.07, 6.45) is 0.784. The SMILES string of the molecule is Cc1ncsc1CCOCC(=O)c1ccccc1Cl. The third-order valence-electron chi connectivity index (χ3n) is 2.73. The van der Waals surface area contributed by atoms with E-state index in [1.165, 1.54) is 4.88 Å². The van der Waals surface area contributed by atoms with Crippen molar-refractivity contribution in [2.75, 3.05) is 13.2 Å². The summed E-state index contributed by atoms with van der Waals surface area (Å²) in [6, 6.07) is 7.00. The maximum Gasteiger partial charge on any atom is 0.189 e. The van der Waals surface area contributed by atoms with Gasteiger partial charge in [-0.2, -0.15) is 0 Å². The third kappa shape index (κ3) is 3.86. The highest BCUT2D eigenvalue weighted by atomic mass is 35.5. The van der Waals surface area contributed by atoms with E-state index < -0.39 is 0 Å². The van der Waals surface area contributed by atoms with E-state index in [2.05, 4.69) is 4.98 Å². The highest BCUT2D eigenvalue weighted by Gasteiger charge is 2.09. The van der Waals surface area contributed by atoms with Crippen LogP contribution in [0, 0.1) is 6.92 Å². The molecule has 0 radical (unpaired) electrons. The van der Waals surface area contributed by atoms with Gasteiger partial charge in [-0.3, -0.25) is 4.79 Å². The van der Waals surface area contributed by atoms with E-state index in [-0.39, 0.29) is 12.4 Å². The molecule has 0 aliphatic rings. The molecule has 0 saturated carbocycles. The second-order valence-electron chi connectivity index (χ2n) is 4.07. The maximum absolute atomic E-state index is 11.9. The van der Waals surface area contributed by atoms with Crippen LogP contribution in [0.5, 0.6) is 0 Å². The zero-order valence-electron chi connectivity index (χ0n) is 10.6. The third-order valence-corrected chi connectivity index (χ3v) is 4.05. The van der Waals surface area contributed by atoms with Crippen LogP contribution in [0.2, 0.25) is 5.02 Å². The van der Waals surface area contributed by atoms with Crippen LogP contribution in [-0.2, 0) is 11.2 Å². The molecule has 0 fully saturated rings. The number of Topliss-reactive ketones (excluding diaryl/α,β-unsaturated/α-hetero) is 1. The van der Waals surface area contributed by atoms with Gasteiger partial charge >= 0.3 is 0 Å². The number of hydrogen-bond donors (Lipinski definition) is 0. The summed E-state index contributed by atoms with van der Waals surface area (Å²) in [5.74, 6) is -0.0911. The molecule has 0 unspecified atom stereocenters. The Morgan fingerprint density at radius 3 is 2.89 bits per heavy atom. The molecule has 2 aromatic rings. The Kier molecular flexibility index (Phi) is 5.07. The minimum absolute atomic E-state index is 0.0571. The molecule has 0 N–H and O–H groups in total. The van der Waals surface area contributed by atoms with Crippen LogP contribution in [-0.4, -0.2) is 24.0 Å². The van der Waals surface area contributed by atoms with Gasteiger partial charge in [0.05, 0.1) is 22.8 Å². The molecule has 0 aliphatic heterocycles. The van der Waals surface area contributed by atoms with Gasteiger partial charge in [0.25, 0.3) is 0 Å². The first-order valence-corrected chi connectivity index (χ1v) is 7.18. The van der Waals surface area contributed by atoms with E-state index in [4.69, 9.17) is 16.3 Å². The van der Waals surface area contributed by atoms with Crippen molar-refractivity contribution in [3.05, 3.63) is 50.9 Å². The predicted octanol–water partition coefficient (Wildman–Crippen LogP) is 3.55. The smallest absolute Gasteiger partial charge is 0.189 e. The number of thiazole rings is 1. The fraction of sp³-hybridized carbons (Fsp3) is 0.286. The van der Waals surface area contributed by atoms with Crippen molar-refractivity contribution in [1.29, 1.82) is 0 Å². The van der Waals surface area contributed by atoms with Crippen LogP contribution < -0.4 is 0 Å². The zero-order chi connectivity index (χ0) is 13.7. The molecule has 0 bridgehead atoms. The number of halogens is 1. The Morgan fingerprint density at radius 2 is 2.21 bits per heavy atom. The molecule has 1 aromatic carbocycles. The number of rotatable bonds is 6. The molecule has 100 valence electrons. The van der Waals surface area contributed by atoms with Crippen molar-refractivity contribution in [2.24, 2.45) is 0 Å². The van der Waals surface area contributed by atoms with Crippen molar-refractivity contribution in [1.82, 2.24) is 4.98 Å². The maximum atomic E-state index is 11.9. The minimum atomic E-state index is -0.0911. The largest absolute Gasteiger partial charge is 0.373 e. The van der Waals surface area contributed by atoms with Crippen LogP contribution in [0.25, 0.3) is 0 Å². The highest BCUT2D eigenvalue weighted by Crippen LogP contribution is 2.16. The first kappa shape index (κ1) is 14.2. The Morgan fingerprint density at radius 1 is 1.42 bits per heavy atom. The van der Waals surface area contributed by atoms with E-state index in [1.54, 1.807) is 35.6 Å². The number of hydrogen-bond acceptors (Lipinski definition) is 4. The first-order chi connectivity index (χ1) is 9.18. The molecule has 2 rings (SSSR count). The lowest BCUT2D eigenvalue weighted by atomic mass is 10.1. The van der Waals surface area contributed by atoms with Gasteiger partial charge in [-0.25, -0.2) is 4.98 Å². The number of nitrogens with zero attached hydrogens (tertiary/aromatic N) is 1. The van der Waals surface area contributed by atoms with Crippen molar-refractivity contribution in [3.8, 4) is 0 Å². The molecule has 0 saturated heterocycles. The highest BCUT2D eigenvalue weighted by molar-refractivity contribution is 7.09. The second-order valence-corrected chi connectivity index (χ2v) is 5.41. The van der Waals surface area contributed by atoms with E-state index in [0.717, 1.165) is 12.1 Å². The van der Waals surface area contributed by atoms with Crippen molar-refractivity contribution in [3.63, 3.8) is 0 Å². The van der Waals surface area contributed by atoms with Gasteiger partial charge < -0.3 is 4.74 Å². The molecule has 0 spiro atoms. The van der Waals surface area contributed by atoms with Gasteiger partial charge in [0, 0.05) is 16.9 Å². The monoisotopic (exact) mass is 295 g/mol. The fourth-order valence-electron chi connectivity index (χ4n) is 1.66. The van der Waals surface area contributed by atoms with E-state index in [0.29, 0.717) is 17.2 Å². The van der Waals surface area contributed by atoms with Gasteiger partial charge in [-0.05, 0) is 19.1 Å². The van der Waals surface area contributed by atoms with Crippen molar-refractivity contribution < 1.29 is 9.53 Å². The Balaban J connectivity index is 1.79. The van der Waals surface area contributed by atoms with Gasteiger partial charge in [0.1, 0.15) is 6.61 Å². The van der Waals surface area contributed by atoms with Crippen LogP contribution in [0.1, 0.15) is 20.9 Å². The quantitative estimate of drug-likeness (QED) is 0.604. The van der Waals surface area contributed by atoms with Crippen LogP contribution in [0.15, 0.2) is 29.8 Å². The molecule has 19 heavy (non-hydrogen) atoms. The van der Waals surface area contributed by atoms with Crippen molar-refractivity contribution >= 4 is 28.7 Å². The van der Waals surface area contributed by atoms with Crippen molar-refractivity contribution in [2.45, 2.75) is 13.3 Å². The van der Waals surface area contributed by atoms with E-state index >= 15 is 0 Å². The Labute approximate surface area is 121 Å². The molecule has 0 atom stereocenters. The summed E-state index contributed by atoms with van der Waals surface area (Å²) in [7, 11) is 0. The molecule has 1 aromatic heterocycles.